The predicted molar refractivity (Wildman–Crippen MR) is 116 cm³/mol. The van der Waals surface area contributed by atoms with E-state index in [2.05, 4.69) is 0 Å². The summed E-state index contributed by atoms with van der Waals surface area (Å²) >= 11 is 0. The number of carbonyl (C=O) groups is 2. The first-order chi connectivity index (χ1) is 15.4. The van der Waals surface area contributed by atoms with E-state index in [1.807, 2.05) is 37.1 Å². The van der Waals surface area contributed by atoms with Crippen LogP contribution in [0.15, 0.2) is 24.0 Å². The van der Waals surface area contributed by atoms with Gasteiger partial charge in [0.25, 0.3) is 5.91 Å². The number of esters is 1. The van der Waals surface area contributed by atoms with Crippen molar-refractivity contribution in [2.45, 2.75) is 39.2 Å². The van der Waals surface area contributed by atoms with Gasteiger partial charge in [-0.2, -0.15) is 5.06 Å². The zero-order chi connectivity index (χ0) is 23.3. The van der Waals surface area contributed by atoms with Gasteiger partial charge in [-0.25, -0.2) is 14.7 Å². The van der Waals surface area contributed by atoms with Crippen molar-refractivity contribution < 1.29 is 33.5 Å². The Kier molecular flexibility index (Phi) is 7.89. The van der Waals surface area contributed by atoms with E-state index in [0.717, 1.165) is 16.7 Å². The molecule has 0 N–H and O–H groups in total. The van der Waals surface area contributed by atoms with Crippen LogP contribution < -0.4 is 0 Å². The molecule has 1 amide bonds. The van der Waals surface area contributed by atoms with Crippen LogP contribution in [0.3, 0.4) is 0 Å². The lowest BCUT2D eigenvalue weighted by Crippen LogP contribution is -2.55. The van der Waals surface area contributed by atoms with Crippen LogP contribution in [0.2, 0.25) is 0 Å². The Morgan fingerprint density at radius 1 is 1.16 bits per heavy atom. The number of nitrogens with zero attached hydrogens (tertiary/aromatic N) is 2. The number of carbonyl (C=O) groups excluding carboxylic acids is 2. The summed E-state index contributed by atoms with van der Waals surface area (Å²) in [5.74, 6) is -0.384. The molecule has 32 heavy (non-hydrogen) atoms. The van der Waals surface area contributed by atoms with Gasteiger partial charge in [0.1, 0.15) is 11.3 Å². The van der Waals surface area contributed by atoms with Crippen LogP contribution in [0.25, 0.3) is 5.57 Å². The van der Waals surface area contributed by atoms with Gasteiger partial charge in [-0.05, 0) is 44.7 Å². The number of hydroxylamine groups is 4. The molecule has 0 saturated carbocycles. The molecular weight excluding hydrogens is 416 g/mol. The predicted octanol–water partition coefficient (Wildman–Crippen LogP) is 2.37. The van der Waals surface area contributed by atoms with Crippen molar-refractivity contribution in [1.29, 1.82) is 0 Å². The van der Waals surface area contributed by atoms with E-state index < -0.39 is 11.5 Å². The molecule has 2 aliphatic rings. The van der Waals surface area contributed by atoms with Crippen molar-refractivity contribution in [1.82, 2.24) is 10.1 Å². The summed E-state index contributed by atoms with van der Waals surface area (Å²) in [6.45, 7) is 6.63. The van der Waals surface area contributed by atoms with Gasteiger partial charge >= 0.3 is 5.97 Å². The summed E-state index contributed by atoms with van der Waals surface area (Å²) in [6, 6.07) is 5.91. The maximum absolute atomic E-state index is 13.7. The first kappa shape index (κ1) is 24.2. The van der Waals surface area contributed by atoms with E-state index >= 15 is 0 Å². The van der Waals surface area contributed by atoms with Gasteiger partial charge < -0.3 is 19.0 Å². The van der Waals surface area contributed by atoms with Gasteiger partial charge in [-0.3, -0.25) is 4.79 Å². The van der Waals surface area contributed by atoms with Crippen molar-refractivity contribution in [2.75, 3.05) is 47.3 Å². The van der Waals surface area contributed by atoms with Crippen LogP contribution in [0, 0.1) is 13.8 Å². The Labute approximate surface area is 188 Å². The quantitative estimate of drug-likeness (QED) is 0.420. The van der Waals surface area contributed by atoms with Crippen molar-refractivity contribution in [3.05, 3.63) is 40.6 Å². The van der Waals surface area contributed by atoms with Crippen molar-refractivity contribution in [3.63, 3.8) is 0 Å². The van der Waals surface area contributed by atoms with Crippen LogP contribution in [0.5, 0.6) is 0 Å². The van der Waals surface area contributed by atoms with Crippen molar-refractivity contribution in [3.8, 4) is 0 Å². The smallest absolute Gasteiger partial charge is 0.344 e. The minimum absolute atomic E-state index is 0.0906. The minimum Gasteiger partial charge on any atom is -0.483 e. The second-order valence-corrected chi connectivity index (χ2v) is 7.89. The second kappa shape index (κ2) is 10.4. The van der Waals surface area contributed by atoms with E-state index in [0.29, 0.717) is 37.3 Å². The van der Waals surface area contributed by atoms with Gasteiger partial charge in [0, 0.05) is 20.2 Å². The molecule has 1 saturated heterocycles. The van der Waals surface area contributed by atoms with E-state index in [1.54, 1.807) is 14.0 Å². The monoisotopic (exact) mass is 448 g/mol. The molecule has 2 heterocycles. The lowest BCUT2D eigenvalue weighted by Gasteiger charge is -2.43. The lowest BCUT2D eigenvalue weighted by atomic mass is 9.85. The van der Waals surface area contributed by atoms with E-state index in [9.17, 15) is 9.59 Å². The standard InChI is InChI=1S/C23H32N2O7/c1-6-30-19(26)14-31-21-20(18-13-16(2)7-8-17(18)3)22(27)25(32-15-28-4)23(21)9-11-24(29-5)12-10-23/h7-8,13H,6,9-12,14-15H2,1-5H3. The summed E-state index contributed by atoms with van der Waals surface area (Å²) < 4.78 is 16.2. The number of benzene rings is 1. The molecule has 0 atom stereocenters. The summed E-state index contributed by atoms with van der Waals surface area (Å²) in [4.78, 5) is 37.0. The third-order valence-electron chi connectivity index (χ3n) is 5.85. The van der Waals surface area contributed by atoms with E-state index in [1.165, 1.54) is 12.2 Å². The van der Waals surface area contributed by atoms with Crippen molar-refractivity contribution in [2.24, 2.45) is 0 Å². The number of hydrogen-bond donors (Lipinski definition) is 0. The van der Waals surface area contributed by atoms with E-state index in [4.69, 9.17) is 23.9 Å². The highest BCUT2D eigenvalue weighted by Gasteiger charge is 2.56. The number of ether oxygens (including phenoxy) is 3. The third-order valence-corrected chi connectivity index (χ3v) is 5.85. The fraction of sp³-hybridized carbons (Fsp3) is 0.565. The number of methoxy groups -OCH3 is 1. The highest BCUT2D eigenvalue weighted by atomic mass is 16.8. The Morgan fingerprint density at radius 3 is 2.50 bits per heavy atom. The summed E-state index contributed by atoms with van der Waals surface area (Å²) in [7, 11) is 3.12. The summed E-state index contributed by atoms with van der Waals surface area (Å²) in [5, 5.41) is 3.18. The fourth-order valence-corrected chi connectivity index (χ4v) is 4.26. The number of rotatable bonds is 9. The van der Waals surface area contributed by atoms with Crippen LogP contribution in [-0.4, -0.2) is 74.9 Å². The molecule has 0 aromatic heterocycles. The SMILES string of the molecule is CCOC(=O)COC1=C(c2cc(C)ccc2C)C(=O)N(OCOC)C12CCN(OC)CC2. The van der Waals surface area contributed by atoms with Gasteiger partial charge in [0.15, 0.2) is 13.4 Å². The van der Waals surface area contributed by atoms with Gasteiger partial charge in [-0.15, -0.1) is 0 Å². The first-order valence-electron chi connectivity index (χ1n) is 10.7. The van der Waals surface area contributed by atoms with Gasteiger partial charge in [-0.1, -0.05) is 23.8 Å². The molecule has 1 fully saturated rings. The molecule has 9 nitrogen and oxygen atoms in total. The average Bonchev–Trinajstić information content (AvgIpc) is 3.00. The number of piperidine rings is 1. The molecule has 0 aliphatic carbocycles. The number of hydrogen-bond acceptors (Lipinski definition) is 8. The topological polar surface area (TPSA) is 86.8 Å². The van der Waals surface area contributed by atoms with Gasteiger partial charge in [0.2, 0.25) is 0 Å². The molecule has 1 spiro atoms. The Morgan fingerprint density at radius 2 is 1.88 bits per heavy atom. The Bertz CT molecular complexity index is 875. The summed E-state index contributed by atoms with van der Waals surface area (Å²) in [6.07, 6.45) is 1.01. The van der Waals surface area contributed by atoms with Crippen LogP contribution in [-0.2, 0) is 33.5 Å². The molecule has 1 aromatic carbocycles. The fourth-order valence-electron chi connectivity index (χ4n) is 4.26. The molecule has 176 valence electrons. The third kappa shape index (κ3) is 4.66. The van der Waals surface area contributed by atoms with E-state index in [-0.39, 0.29) is 25.9 Å². The molecule has 0 unspecified atom stereocenters. The average molecular weight is 449 g/mol. The van der Waals surface area contributed by atoms with Crippen LogP contribution >= 0.6 is 0 Å². The molecule has 0 radical (unpaired) electrons. The second-order valence-electron chi connectivity index (χ2n) is 7.89. The molecular formula is C23H32N2O7. The Hall–Kier alpha value is -2.46. The summed E-state index contributed by atoms with van der Waals surface area (Å²) in [5.41, 5.74) is 2.20. The lowest BCUT2D eigenvalue weighted by molar-refractivity contribution is -0.261. The minimum atomic E-state index is -0.886. The largest absolute Gasteiger partial charge is 0.483 e. The zero-order valence-corrected chi connectivity index (χ0v) is 19.4. The number of aryl methyl sites for hydroxylation is 2. The maximum atomic E-state index is 13.7. The Balaban J connectivity index is 2.12. The molecule has 1 aromatic rings. The highest BCUT2D eigenvalue weighted by Crippen LogP contribution is 2.47. The normalized spacial score (nSPS) is 18.5. The highest BCUT2D eigenvalue weighted by molar-refractivity contribution is 6.23. The van der Waals surface area contributed by atoms with Crippen LogP contribution in [0.4, 0.5) is 0 Å². The molecule has 9 heteroatoms. The van der Waals surface area contributed by atoms with Crippen molar-refractivity contribution >= 4 is 17.4 Å². The first-order valence-corrected chi connectivity index (χ1v) is 10.7. The molecule has 2 aliphatic heterocycles. The zero-order valence-electron chi connectivity index (χ0n) is 19.4. The van der Waals surface area contributed by atoms with Gasteiger partial charge in [0.05, 0.1) is 19.3 Å². The van der Waals surface area contributed by atoms with Crippen LogP contribution in [0.1, 0.15) is 36.5 Å². The maximum Gasteiger partial charge on any atom is 0.344 e. The molecule has 3 rings (SSSR count). The molecule has 0 bridgehead atoms. The number of amides is 1.